The highest BCUT2D eigenvalue weighted by atomic mass is 32.2. The third kappa shape index (κ3) is 3.36. The predicted octanol–water partition coefficient (Wildman–Crippen LogP) is 2.73. The van der Waals surface area contributed by atoms with Crippen LogP contribution in [0.3, 0.4) is 0 Å². The van der Waals surface area contributed by atoms with Crippen molar-refractivity contribution >= 4 is 16.9 Å². The first kappa shape index (κ1) is 14.0. The van der Waals surface area contributed by atoms with Crippen LogP contribution in [0, 0.1) is 0 Å². The topological polar surface area (TPSA) is 27.6 Å². The second kappa shape index (κ2) is 6.64. The normalized spacial score (nSPS) is 27.4. The molecule has 1 saturated heterocycles. The zero-order valence-corrected chi connectivity index (χ0v) is 12.9. The van der Waals surface area contributed by atoms with Gasteiger partial charge in [-0.15, -0.1) is 0 Å². The van der Waals surface area contributed by atoms with Crippen LogP contribution in [-0.4, -0.2) is 41.0 Å². The summed E-state index contributed by atoms with van der Waals surface area (Å²) >= 11 is 1.88. The number of hydrogen-bond acceptors (Lipinski definition) is 4. The fraction of sp³-hybridized carbons (Fsp3) is 0.562. The summed E-state index contributed by atoms with van der Waals surface area (Å²) in [6.07, 6.45) is 2.43. The molecule has 0 aromatic heterocycles. The van der Waals surface area contributed by atoms with E-state index in [1.54, 1.807) is 0 Å². The zero-order valence-electron chi connectivity index (χ0n) is 12.1. The summed E-state index contributed by atoms with van der Waals surface area (Å²) in [6, 6.07) is 11.9. The Bertz CT molecular complexity index is 460. The van der Waals surface area contributed by atoms with Crippen LogP contribution in [0.5, 0.6) is 0 Å². The number of hydrogen-bond donors (Lipinski definition) is 1. The van der Waals surface area contributed by atoms with Gasteiger partial charge in [0.15, 0.2) is 5.17 Å². The monoisotopic (exact) mass is 289 g/mol. The lowest BCUT2D eigenvalue weighted by Crippen LogP contribution is -2.42. The Labute approximate surface area is 125 Å². The number of thioether (sulfide) groups is 1. The first-order valence-electron chi connectivity index (χ1n) is 7.55. The molecule has 1 aromatic carbocycles. The van der Waals surface area contributed by atoms with E-state index in [2.05, 4.69) is 52.5 Å². The van der Waals surface area contributed by atoms with Gasteiger partial charge in [0, 0.05) is 37.5 Å². The molecule has 0 saturated carbocycles. The highest BCUT2D eigenvalue weighted by Gasteiger charge is 2.31. The molecule has 0 radical (unpaired) electrons. The highest BCUT2D eigenvalue weighted by Crippen LogP contribution is 2.22. The molecule has 108 valence electrons. The molecule has 0 amide bonds. The van der Waals surface area contributed by atoms with E-state index in [-0.39, 0.29) is 0 Å². The summed E-state index contributed by atoms with van der Waals surface area (Å²) in [7, 11) is 0. The summed E-state index contributed by atoms with van der Waals surface area (Å²) in [5.74, 6) is 1.21. The van der Waals surface area contributed by atoms with Gasteiger partial charge >= 0.3 is 0 Å². The van der Waals surface area contributed by atoms with Gasteiger partial charge in [-0.05, 0) is 25.3 Å². The van der Waals surface area contributed by atoms with Crippen molar-refractivity contribution in [3.05, 3.63) is 35.9 Å². The van der Waals surface area contributed by atoms with E-state index in [1.165, 1.54) is 30.7 Å². The van der Waals surface area contributed by atoms with E-state index in [1.807, 2.05) is 11.8 Å². The second-order valence-corrected chi connectivity index (χ2v) is 6.71. The average Bonchev–Trinajstić information content (AvgIpc) is 2.83. The van der Waals surface area contributed by atoms with Crippen LogP contribution in [0.25, 0.3) is 0 Å². The van der Waals surface area contributed by atoms with Crippen LogP contribution in [-0.2, 0) is 6.54 Å². The van der Waals surface area contributed by atoms with Gasteiger partial charge in [0.05, 0.1) is 0 Å². The van der Waals surface area contributed by atoms with Gasteiger partial charge in [-0.25, -0.2) is 0 Å². The van der Waals surface area contributed by atoms with Crippen molar-refractivity contribution < 1.29 is 0 Å². The van der Waals surface area contributed by atoms with Crippen molar-refractivity contribution in [2.24, 2.45) is 4.99 Å². The number of likely N-dealkylation sites (tertiary alicyclic amines) is 1. The van der Waals surface area contributed by atoms with Crippen molar-refractivity contribution in [1.82, 2.24) is 10.2 Å². The second-order valence-electron chi connectivity index (χ2n) is 5.63. The van der Waals surface area contributed by atoms with E-state index < -0.39 is 0 Å². The minimum atomic E-state index is 0.545. The van der Waals surface area contributed by atoms with E-state index in [0.717, 1.165) is 18.3 Å². The molecule has 0 bridgehead atoms. The SMILES string of the molecule is CC1C(NC2=NCCCS2)CCN1Cc1ccccc1. The van der Waals surface area contributed by atoms with Crippen LogP contribution in [0.15, 0.2) is 35.3 Å². The van der Waals surface area contributed by atoms with Crippen LogP contribution in [0.4, 0.5) is 0 Å². The minimum absolute atomic E-state index is 0.545. The molecule has 2 aliphatic heterocycles. The standard InChI is InChI=1S/C16H23N3S/c1-13-15(18-16-17-9-5-11-20-16)8-10-19(13)12-14-6-3-2-4-7-14/h2-4,6-7,13,15H,5,8-12H2,1H3,(H,17,18). The summed E-state index contributed by atoms with van der Waals surface area (Å²) in [5.41, 5.74) is 1.41. The smallest absolute Gasteiger partial charge is 0.156 e. The fourth-order valence-electron chi connectivity index (χ4n) is 2.94. The maximum absolute atomic E-state index is 4.59. The van der Waals surface area contributed by atoms with Crippen LogP contribution in [0.1, 0.15) is 25.3 Å². The van der Waals surface area contributed by atoms with Crippen LogP contribution >= 0.6 is 11.8 Å². The molecule has 2 unspecified atom stereocenters. The van der Waals surface area contributed by atoms with E-state index in [4.69, 9.17) is 0 Å². The molecule has 1 fully saturated rings. The zero-order chi connectivity index (χ0) is 13.8. The third-order valence-corrected chi connectivity index (χ3v) is 5.23. The van der Waals surface area contributed by atoms with Gasteiger partial charge in [0.1, 0.15) is 0 Å². The molecule has 1 aromatic rings. The number of benzene rings is 1. The van der Waals surface area contributed by atoms with Crippen molar-refractivity contribution in [2.45, 2.75) is 38.4 Å². The molecule has 0 aliphatic carbocycles. The van der Waals surface area contributed by atoms with E-state index >= 15 is 0 Å². The third-order valence-electron chi connectivity index (χ3n) is 4.22. The van der Waals surface area contributed by atoms with Gasteiger partial charge in [0.25, 0.3) is 0 Å². The number of amidine groups is 1. The Morgan fingerprint density at radius 1 is 1.35 bits per heavy atom. The molecule has 2 heterocycles. The Morgan fingerprint density at radius 2 is 2.20 bits per heavy atom. The Hall–Kier alpha value is -1.00. The molecule has 0 spiro atoms. The molecule has 3 nitrogen and oxygen atoms in total. The number of nitrogens with one attached hydrogen (secondary N) is 1. The molecule has 20 heavy (non-hydrogen) atoms. The lowest BCUT2D eigenvalue weighted by Gasteiger charge is -2.26. The predicted molar refractivity (Wildman–Crippen MR) is 87.2 cm³/mol. The minimum Gasteiger partial charge on any atom is -0.361 e. The van der Waals surface area contributed by atoms with Gasteiger partial charge in [-0.1, -0.05) is 42.1 Å². The molecular weight excluding hydrogens is 266 g/mol. The number of aliphatic imine (C=N–C) groups is 1. The lowest BCUT2D eigenvalue weighted by atomic mass is 10.1. The lowest BCUT2D eigenvalue weighted by molar-refractivity contribution is 0.247. The van der Waals surface area contributed by atoms with Gasteiger partial charge < -0.3 is 5.32 Å². The molecular formula is C16H23N3S. The molecule has 2 atom stereocenters. The first-order chi connectivity index (χ1) is 9.83. The van der Waals surface area contributed by atoms with Gasteiger partial charge in [-0.2, -0.15) is 0 Å². The van der Waals surface area contributed by atoms with Crippen molar-refractivity contribution in [3.63, 3.8) is 0 Å². The number of rotatable bonds is 3. The van der Waals surface area contributed by atoms with E-state index in [9.17, 15) is 0 Å². The van der Waals surface area contributed by atoms with Crippen molar-refractivity contribution in [1.29, 1.82) is 0 Å². The Kier molecular flexibility index (Phi) is 4.63. The summed E-state index contributed by atoms with van der Waals surface area (Å²) in [5, 5.41) is 4.82. The summed E-state index contributed by atoms with van der Waals surface area (Å²) in [4.78, 5) is 7.16. The first-order valence-corrected chi connectivity index (χ1v) is 8.53. The highest BCUT2D eigenvalue weighted by molar-refractivity contribution is 8.13. The Balaban J connectivity index is 1.56. The van der Waals surface area contributed by atoms with Crippen LogP contribution < -0.4 is 5.32 Å². The van der Waals surface area contributed by atoms with Gasteiger partial charge in [-0.3, -0.25) is 9.89 Å². The quantitative estimate of drug-likeness (QED) is 0.927. The maximum atomic E-state index is 4.59. The molecule has 2 aliphatic rings. The molecule has 1 N–H and O–H groups in total. The van der Waals surface area contributed by atoms with Crippen molar-refractivity contribution in [2.75, 3.05) is 18.8 Å². The summed E-state index contributed by atoms with van der Waals surface area (Å²) < 4.78 is 0. The maximum Gasteiger partial charge on any atom is 0.156 e. The number of nitrogens with zero attached hydrogens (tertiary/aromatic N) is 2. The fourth-order valence-corrected chi connectivity index (χ4v) is 3.83. The molecule has 4 heteroatoms. The molecule has 3 rings (SSSR count). The summed E-state index contributed by atoms with van der Waals surface area (Å²) in [6.45, 7) is 5.55. The van der Waals surface area contributed by atoms with Crippen molar-refractivity contribution in [3.8, 4) is 0 Å². The average molecular weight is 289 g/mol. The van der Waals surface area contributed by atoms with Crippen LogP contribution in [0.2, 0.25) is 0 Å². The van der Waals surface area contributed by atoms with Gasteiger partial charge in [0.2, 0.25) is 0 Å². The largest absolute Gasteiger partial charge is 0.361 e. The Morgan fingerprint density at radius 3 is 2.95 bits per heavy atom. The van der Waals surface area contributed by atoms with E-state index in [0.29, 0.717) is 12.1 Å².